The van der Waals surface area contributed by atoms with Gasteiger partial charge in [-0.15, -0.1) is 0 Å². The molecule has 1 amide bonds. The number of thiocarbonyl (C=S) groups is 1. The van der Waals surface area contributed by atoms with Crippen LogP contribution >= 0.6 is 24.0 Å². The highest BCUT2D eigenvalue weighted by Crippen LogP contribution is 2.34. The predicted molar refractivity (Wildman–Crippen MR) is 99.6 cm³/mol. The zero-order valence-corrected chi connectivity index (χ0v) is 14.4. The van der Waals surface area contributed by atoms with Gasteiger partial charge in [0.1, 0.15) is 10.9 Å². The Bertz CT molecular complexity index is 827. The van der Waals surface area contributed by atoms with Crippen LogP contribution in [0.3, 0.4) is 0 Å². The number of carbonyl (C=O) groups excluding carboxylic acids is 1. The number of carbonyl (C=O) groups is 2. The first-order chi connectivity index (χ1) is 11.5. The molecule has 3 rings (SSSR count). The fraction of sp³-hybridized carbons (Fsp3) is 0.118. The number of thioether (sulfide) groups is 1. The maximum absolute atomic E-state index is 12.3. The molecular formula is C17H14N2O3S2. The fourth-order valence-electron chi connectivity index (χ4n) is 2.48. The summed E-state index contributed by atoms with van der Waals surface area (Å²) in [5.74, 6) is -1.45. The molecule has 2 aliphatic rings. The number of nitrogens with zero attached hydrogens (tertiary/aromatic N) is 2. The van der Waals surface area contributed by atoms with Gasteiger partial charge in [-0.05, 0) is 23.8 Å². The SMILES string of the molecule is CN1C=C/C(=C\C=C2/SC(=S)N(CC(=O)O)C2=O)c2ccccc21. The molecule has 24 heavy (non-hydrogen) atoms. The third-order valence-corrected chi connectivity index (χ3v) is 5.05. The van der Waals surface area contributed by atoms with E-state index in [1.54, 1.807) is 6.08 Å². The molecule has 0 aliphatic carbocycles. The number of hydrogen-bond donors (Lipinski definition) is 1. The zero-order chi connectivity index (χ0) is 17.3. The van der Waals surface area contributed by atoms with Crippen molar-refractivity contribution in [2.24, 2.45) is 0 Å². The molecule has 7 heteroatoms. The molecule has 1 saturated heterocycles. The lowest BCUT2D eigenvalue weighted by atomic mass is 10.00. The number of fused-ring (bicyclic) bond motifs is 1. The van der Waals surface area contributed by atoms with Crippen LogP contribution in [0, 0.1) is 0 Å². The molecule has 1 N–H and O–H groups in total. The third kappa shape index (κ3) is 3.13. The largest absolute Gasteiger partial charge is 0.480 e. The van der Waals surface area contributed by atoms with Crippen molar-refractivity contribution in [2.75, 3.05) is 18.5 Å². The summed E-state index contributed by atoms with van der Waals surface area (Å²) in [7, 11) is 1.98. The lowest BCUT2D eigenvalue weighted by Crippen LogP contribution is -2.33. The summed E-state index contributed by atoms with van der Waals surface area (Å²) in [5.41, 5.74) is 3.13. The molecule has 2 aliphatic heterocycles. The molecule has 0 bridgehead atoms. The van der Waals surface area contributed by atoms with Crippen molar-refractivity contribution in [3.63, 3.8) is 0 Å². The second-order valence-corrected chi connectivity index (χ2v) is 6.93. The van der Waals surface area contributed by atoms with E-state index in [4.69, 9.17) is 17.3 Å². The Labute approximate surface area is 148 Å². The summed E-state index contributed by atoms with van der Waals surface area (Å²) >= 11 is 6.21. The summed E-state index contributed by atoms with van der Waals surface area (Å²) in [4.78, 5) is 26.6. The van der Waals surface area contributed by atoms with Gasteiger partial charge >= 0.3 is 5.97 Å². The molecule has 1 aromatic rings. The zero-order valence-electron chi connectivity index (χ0n) is 12.8. The van der Waals surface area contributed by atoms with Crippen LogP contribution in [0.1, 0.15) is 5.56 Å². The summed E-state index contributed by atoms with van der Waals surface area (Å²) in [6.07, 6.45) is 7.48. The van der Waals surface area contributed by atoms with E-state index in [1.165, 1.54) is 0 Å². The van der Waals surface area contributed by atoms with Crippen molar-refractivity contribution in [3.8, 4) is 0 Å². The highest BCUT2D eigenvalue weighted by Gasteiger charge is 2.33. The van der Waals surface area contributed by atoms with Crippen LogP contribution in [0.4, 0.5) is 5.69 Å². The van der Waals surface area contributed by atoms with Gasteiger partial charge in [-0.1, -0.05) is 48.3 Å². The van der Waals surface area contributed by atoms with Crippen molar-refractivity contribution < 1.29 is 14.7 Å². The van der Waals surface area contributed by atoms with Gasteiger partial charge in [-0.25, -0.2) is 0 Å². The number of hydrogen-bond acceptors (Lipinski definition) is 5. The Morgan fingerprint density at radius 2 is 2.08 bits per heavy atom. The Morgan fingerprint density at radius 3 is 2.83 bits per heavy atom. The van der Waals surface area contributed by atoms with E-state index in [0.717, 1.165) is 33.5 Å². The lowest BCUT2D eigenvalue weighted by molar-refractivity contribution is -0.140. The van der Waals surface area contributed by atoms with Crippen LogP contribution < -0.4 is 4.90 Å². The van der Waals surface area contributed by atoms with Crippen molar-refractivity contribution in [1.29, 1.82) is 0 Å². The van der Waals surface area contributed by atoms with Gasteiger partial charge < -0.3 is 10.0 Å². The second-order valence-electron chi connectivity index (χ2n) is 5.25. The number of amides is 1. The first kappa shape index (κ1) is 16.5. The fourth-order valence-corrected chi connectivity index (χ4v) is 3.68. The number of carboxylic acids is 1. The molecule has 0 radical (unpaired) electrons. The van der Waals surface area contributed by atoms with Crippen LogP contribution in [-0.2, 0) is 9.59 Å². The minimum Gasteiger partial charge on any atom is -0.480 e. The average molecular weight is 358 g/mol. The number of rotatable bonds is 3. The number of para-hydroxylation sites is 1. The van der Waals surface area contributed by atoms with Gasteiger partial charge in [0.25, 0.3) is 5.91 Å². The molecule has 1 fully saturated rings. The van der Waals surface area contributed by atoms with E-state index in [1.807, 2.05) is 54.6 Å². The van der Waals surface area contributed by atoms with Gasteiger partial charge in [0.15, 0.2) is 0 Å². The number of allylic oxidation sites excluding steroid dienone is 4. The molecule has 0 aromatic heterocycles. The van der Waals surface area contributed by atoms with Gasteiger partial charge in [0, 0.05) is 24.5 Å². The van der Waals surface area contributed by atoms with E-state index in [2.05, 4.69) is 0 Å². The molecule has 2 heterocycles. The topological polar surface area (TPSA) is 60.9 Å². The van der Waals surface area contributed by atoms with Crippen molar-refractivity contribution in [3.05, 3.63) is 59.2 Å². The van der Waals surface area contributed by atoms with E-state index in [0.29, 0.717) is 4.91 Å². The van der Waals surface area contributed by atoms with E-state index in [9.17, 15) is 9.59 Å². The van der Waals surface area contributed by atoms with Crippen molar-refractivity contribution in [2.45, 2.75) is 0 Å². The second kappa shape index (κ2) is 6.62. The monoisotopic (exact) mass is 358 g/mol. The summed E-state index contributed by atoms with van der Waals surface area (Å²) < 4.78 is 0.270. The molecular weight excluding hydrogens is 344 g/mol. The highest BCUT2D eigenvalue weighted by atomic mass is 32.2. The van der Waals surface area contributed by atoms with Crippen LogP contribution in [0.15, 0.2) is 53.6 Å². The predicted octanol–water partition coefficient (Wildman–Crippen LogP) is 2.86. The molecule has 0 unspecified atom stereocenters. The summed E-state index contributed by atoms with van der Waals surface area (Å²) in [5, 5.41) is 8.86. The number of benzene rings is 1. The molecule has 0 spiro atoms. The summed E-state index contributed by atoms with van der Waals surface area (Å²) in [6.45, 7) is -0.411. The molecule has 122 valence electrons. The van der Waals surface area contributed by atoms with E-state index >= 15 is 0 Å². The quantitative estimate of drug-likeness (QED) is 0.662. The molecule has 0 atom stereocenters. The van der Waals surface area contributed by atoms with Crippen LogP contribution in [0.5, 0.6) is 0 Å². The first-order valence-electron chi connectivity index (χ1n) is 7.15. The van der Waals surface area contributed by atoms with E-state index < -0.39 is 12.5 Å². The Kier molecular flexibility index (Phi) is 4.55. The normalized spacial score (nSPS) is 20.2. The number of anilines is 1. The Morgan fingerprint density at radius 1 is 1.33 bits per heavy atom. The van der Waals surface area contributed by atoms with Gasteiger partial charge in [0.05, 0.1) is 4.91 Å². The maximum Gasteiger partial charge on any atom is 0.323 e. The van der Waals surface area contributed by atoms with Gasteiger partial charge in [-0.3, -0.25) is 14.5 Å². The minimum atomic E-state index is -1.09. The Hall–Kier alpha value is -2.38. The molecule has 1 aromatic carbocycles. The third-order valence-electron chi connectivity index (χ3n) is 3.65. The highest BCUT2D eigenvalue weighted by molar-refractivity contribution is 8.26. The van der Waals surface area contributed by atoms with Crippen LogP contribution in [-0.4, -0.2) is 39.8 Å². The molecule has 5 nitrogen and oxygen atoms in total. The van der Waals surface area contributed by atoms with Crippen molar-refractivity contribution in [1.82, 2.24) is 4.90 Å². The standard InChI is InChI=1S/C17H14N2O3S2/c1-18-9-8-11(12-4-2-3-5-13(12)18)6-7-14-16(22)19(10-15(20)21)17(23)24-14/h2-9H,10H2,1H3,(H,20,21)/b11-6+,14-7-. The summed E-state index contributed by atoms with van der Waals surface area (Å²) in [6, 6.07) is 7.98. The smallest absolute Gasteiger partial charge is 0.323 e. The number of carboxylic acid groups (broad SMARTS) is 1. The van der Waals surface area contributed by atoms with Crippen LogP contribution in [0.25, 0.3) is 5.57 Å². The minimum absolute atomic E-state index is 0.270. The van der Waals surface area contributed by atoms with Gasteiger partial charge in [0.2, 0.25) is 0 Å². The average Bonchev–Trinajstić information content (AvgIpc) is 2.82. The van der Waals surface area contributed by atoms with Gasteiger partial charge in [-0.2, -0.15) is 0 Å². The first-order valence-corrected chi connectivity index (χ1v) is 8.38. The lowest BCUT2D eigenvalue weighted by Gasteiger charge is -2.23. The van der Waals surface area contributed by atoms with Crippen LogP contribution in [0.2, 0.25) is 0 Å². The van der Waals surface area contributed by atoms with Crippen molar-refractivity contribution >= 4 is 51.4 Å². The Balaban J connectivity index is 1.89. The van der Waals surface area contributed by atoms with E-state index in [-0.39, 0.29) is 10.2 Å². The molecule has 0 saturated carbocycles. The maximum atomic E-state index is 12.3. The number of aliphatic carboxylic acids is 1.